The van der Waals surface area contributed by atoms with Crippen LogP contribution in [0, 0.1) is 0 Å². The van der Waals surface area contributed by atoms with Gasteiger partial charge in [0.25, 0.3) is 0 Å². The minimum absolute atomic E-state index is 0.634. The molecule has 0 spiro atoms. The minimum Gasteiger partial charge on any atom is -0.438 e. The number of aromatic nitrogens is 6. The predicted molar refractivity (Wildman–Crippen MR) is 88.7 cm³/mol. The van der Waals surface area contributed by atoms with Gasteiger partial charge in [-0.1, -0.05) is 0 Å². The van der Waals surface area contributed by atoms with Crippen LogP contribution in [0.3, 0.4) is 0 Å². The molecule has 4 aromatic rings. The molecule has 1 aliphatic rings. The molecule has 0 aliphatic heterocycles. The van der Waals surface area contributed by atoms with E-state index in [1.807, 2.05) is 24.3 Å². The van der Waals surface area contributed by atoms with Gasteiger partial charge in [0.1, 0.15) is 23.2 Å². The fraction of sp³-hybridized carbons (Fsp3) is 0.188. The van der Waals surface area contributed by atoms with Crippen LogP contribution in [0.2, 0.25) is 0 Å². The Labute approximate surface area is 140 Å². The molecule has 0 bridgehead atoms. The van der Waals surface area contributed by atoms with E-state index in [1.165, 1.54) is 16.9 Å². The van der Waals surface area contributed by atoms with Gasteiger partial charge in [0.05, 0.1) is 11.1 Å². The number of thiophene rings is 1. The lowest BCUT2D eigenvalue weighted by Gasteiger charge is -2.07. The maximum Gasteiger partial charge on any atom is 0.231 e. The highest BCUT2D eigenvalue weighted by Gasteiger charge is 2.22. The Hall–Kier alpha value is -2.87. The molecule has 24 heavy (non-hydrogen) atoms. The molecule has 5 rings (SSSR count). The number of hydrogen-bond acceptors (Lipinski definition) is 7. The van der Waals surface area contributed by atoms with Crippen molar-refractivity contribution in [3.63, 3.8) is 0 Å². The number of nitrogens with zero attached hydrogens (tertiary/aromatic N) is 6. The summed E-state index contributed by atoms with van der Waals surface area (Å²) < 4.78 is 7.64. The molecule has 0 amide bonds. The van der Waals surface area contributed by atoms with Crippen LogP contribution in [-0.4, -0.2) is 30.2 Å². The second kappa shape index (κ2) is 5.34. The van der Waals surface area contributed by atoms with Gasteiger partial charge in [0.15, 0.2) is 0 Å². The Kier molecular flexibility index (Phi) is 3.02. The van der Waals surface area contributed by atoms with E-state index >= 15 is 0 Å². The highest BCUT2D eigenvalue weighted by atomic mass is 32.1. The van der Waals surface area contributed by atoms with Crippen molar-refractivity contribution in [3.05, 3.63) is 47.4 Å². The van der Waals surface area contributed by atoms with Crippen molar-refractivity contribution in [2.45, 2.75) is 19.3 Å². The molecule has 0 N–H and O–H groups in total. The molecule has 0 radical (unpaired) electrons. The quantitative estimate of drug-likeness (QED) is 0.572. The summed E-state index contributed by atoms with van der Waals surface area (Å²) in [7, 11) is 0. The first-order chi connectivity index (χ1) is 11.9. The number of aryl methyl sites for hydroxylation is 2. The number of tetrazole rings is 1. The lowest BCUT2D eigenvalue weighted by Crippen LogP contribution is -1.95. The van der Waals surface area contributed by atoms with Gasteiger partial charge in [-0.2, -0.15) is 0 Å². The fourth-order valence-corrected chi connectivity index (χ4v) is 4.25. The maximum atomic E-state index is 6.04. The average molecular weight is 336 g/mol. The number of hydrogen-bond donors (Lipinski definition) is 0. The summed E-state index contributed by atoms with van der Waals surface area (Å²) in [5.74, 6) is 1.36. The standard InChI is InChI=1S/C16H12N6OS/c1-2-12-13(3-1)24-16-14(12)15(17-8-18-16)23-11-6-4-10(5-7-11)22-9-19-20-21-22/h4-9H,1-3H2. The fourth-order valence-electron chi connectivity index (χ4n) is 3.04. The molecule has 3 heterocycles. The molecule has 1 aliphatic carbocycles. The first-order valence-corrected chi connectivity index (χ1v) is 8.47. The molecule has 3 aromatic heterocycles. The van der Waals surface area contributed by atoms with E-state index < -0.39 is 0 Å². The van der Waals surface area contributed by atoms with Crippen molar-refractivity contribution in [1.29, 1.82) is 0 Å². The smallest absolute Gasteiger partial charge is 0.231 e. The molecule has 1 aromatic carbocycles. The predicted octanol–water partition coefficient (Wildman–Crippen LogP) is 2.95. The van der Waals surface area contributed by atoms with E-state index in [0.29, 0.717) is 5.88 Å². The van der Waals surface area contributed by atoms with Crippen molar-refractivity contribution in [2.24, 2.45) is 0 Å². The maximum absolute atomic E-state index is 6.04. The first-order valence-electron chi connectivity index (χ1n) is 7.65. The molecular formula is C16H12N6OS. The van der Waals surface area contributed by atoms with Crippen LogP contribution in [0.1, 0.15) is 16.9 Å². The molecule has 0 saturated carbocycles. The summed E-state index contributed by atoms with van der Waals surface area (Å²) >= 11 is 1.76. The number of benzene rings is 1. The largest absolute Gasteiger partial charge is 0.438 e. The zero-order valence-electron chi connectivity index (χ0n) is 12.6. The Morgan fingerprint density at radius 3 is 2.83 bits per heavy atom. The summed E-state index contributed by atoms with van der Waals surface area (Å²) in [6.45, 7) is 0. The second-order valence-corrected chi connectivity index (χ2v) is 6.65. The summed E-state index contributed by atoms with van der Waals surface area (Å²) in [4.78, 5) is 11.2. The van der Waals surface area contributed by atoms with E-state index in [-0.39, 0.29) is 0 Å². The number of rotatable bonds is 3. The van der Waals surface area contributed by atoms with Crippen molar-refractivity contribution in [2.75, 3.05) is 0 Å². The van der Waals surface area contributed by atoms with Crippen LogP contribution >= 0.6 is 11.3 Å². The zero-order chi connectivity index (χ0) is 15.9. The average Bonchev–Trinajstić information content (AvgIpc) is 3.32. The molecular weight excluding hydrogens is 324 g/mol. The molecule has 0 atom stereocenters. The van der Waals surface area contributed by atoms with Crippen LogP contribution in [-0.2, 0) is 12.8 Å². The molecule has 0 unspecified atom stereocenters. The second-order valence-electron chi connectivity index (χ2n) is 5.57. The van der Waals surface area contributed by atoms with Gasteiger partial charge < -0.3 is 4.74 Å². The van der Waals surface area contributed by atoms with Gasteiger partial charge in [-0.3, -0.25) is 0 Å². The summed E-state index contributed by atoms with van der Waals surface area (Å²) in [6.07, 6.45) is 6.54. The van der Waals surface area contributed by atoms with E-state index in [9.17, 15) is 0 Å². The summed E-state index contributed by atoms with van der Waals surface area (Å²) in [5, 5.41) is 12.2. The van der Waals surface area contributed by atoms with Gasteiger partial charge in [-0.25, -0.2) is 14.6 Å². The molecule has 0 saturated heterocycles. The third-order valence-electron chi connectivity index (χ3n) is 4.13. The molecule has 7 nitrogen and oxygen atoms in total. The van der Waals surface area contributed by atoms with E-state index in [4.69, 9.17) is 4.74 Å². The van der Waals surface area contributed by atoms with Gasteiger partial charge >= 0.3 is 0 Å². The van der Waals surface area contributed by atoms with E-state index in [1.54, 1.807) is 28.7 Å². The van der Waals surface area contributed by atoms with Gasteiger partial charge in [-0.15, -0.1) is 16.4 Å². The molecule has 118 valence electrons. The Morgan fingerprint density at radius 1 is 1.08 bits per heavy atom. The van der Waals surface area contributed by atoms with Crippen LogP contribution in [0.5, 0.6) is 11.6 Å². The van der Waals surface area contributed by atoms with Crippen molar-refractivity contribution in [1.82, 2.24) is 30.2 Å². The first kappa shape index (κ1) is 13.6. The number of ether oxygens (including phenoxy) is 1. The third kappa shape index (κ3) is 2.15. The number of fused-ring (bicyclic) bond motifs is 3. The normalized spacial score (nSPS) is 13.3. The minimum atomic E-state index is 0.634. The van der Waals surface area contributed by atoms with Crippen LogP contribution in [0.25, 0.3) is 15.9 Å². The summed E-state index contributed by atoms with van der Waals surface area (Å²) in [6, 6.07) is 7.58. The lowest BCUT2D eigenvalue weighted by molar-refractivity contribution is 0.468. The van der Waals surface area contributed by atoms with E-state index in [0.717, 1.165) is 34.5 Å². The molecule has 8 heteroatoms. The van der Waals surface area contributed by atoms with Crippen LogP contribution < -0.4 is 4.74 Å². The SMILES string of the molecule is c1nc(Oc2ccc(-n3cnnn3)cc2)c2c3c(sc2n1)CCC3. The van der Waals surface area contributed by atoms with Crippen LogP contribution in [0.4, 0.5) is 0 Å². The highest BCUT2D eigenvalue weighted by molar-refractivity contribution is 7.18. The third-order valence-corrected chi connectivity index (χ3v) is 5.33. The molecule has 0 fully saturated rings. The van der Waals surface area contributed by atoms with E-state index in [2.05, 4.69) is 25.5 Å². The van der Waals surface area contributed by atoms with Gasteiger partial charge in [-0.05, 0) is 59.5 Å². The summed E-state index contributed by atoms with van der Waals surface area (Å²) in [5.41, 5.74) is 2.23. The Bertz CT molecular complexity index is 1010. The van der Waals surface area contributed by atoms with Crippen molar-refractivity contribution >= 4 is 21.6 Å². The van der Waals surface area contributed by atoms with Crippen LogP contribution in [0.15, 0.2) is 36.9 Å². The zero-order valence-corrected chi connectivity index (χ0v) is 13.4. The topological polar surface area (TPSA) is 78.6 Å². The lowest BCUT2D eigenvalue weighted by atomic mass is 10.2. The Balaban J connectivity index is 1.51. The van der Waals surface area contributed by atoms with Crippen molar-refractivity contribution < 1.29 is 4.74 Å². The van der Waals surface area contributed by atoms with Gasteiger partial charge in [0.2, 0.25) is 5.88 Å². The van der Waals surface area contributed by atoms with Crippen molar-refractivity contribution in [3.8, 4) is 17.3 Å². The Morgan fingerprint density at radius 2 is 2.00 bits per heavy atom. The highest BCUT2D eigenvalue weighted by Crippen LogP contribution is 2.40. The monoisotopic (exact) mass is 336 g/mol. The van der Waals surface area contributed by atoms with Gasteiger partial charge in [0, 0.05) is 4.88 Å².